The molecule has 1 aliphatic heterocycles. The second kappa shape index (κ2) is 8.28. The lowest BCUT2D eigenvalue weighted by molar-refractivity contribution is 0.0821. The van der Waals surface area contributed by atoms with Crippen LogP contribution in [0.2, 0.25) is 0 Å². The fourth-order valence-corrected chi connectivity index (χ4v) is 3.82. The number of thioether (sulfide) groups is 1. The van der Waals surface area contributed by atoms with E-state index in [0.717, 1.165) is 10.9 Å². The molecule has 0 aliphatic carbocycles. The Kier molecular flexibility index (Phi) is 5.57. The predicted octanol–water partition coefficient (Wildman–Crippen LogP) is 4.34. The van der Waals surface area contributed by atoms with Gasteiger partial charge in [0.05, 0.1) is 5.25 Å². The maximum Gasteiger partial charge on any atom is 0.239 e. The molecule has 0 unspecified atom stereocenters. The molecule has 152 valence electrons. The minimum atomic E-state index is -0.349. The Morgan fingerprint density at radius 3 is 2.76 bits per heavy atom. The van der Waals surface area contributed by atoms with E-state index in [0.29, 0.717) is 36.4 Å². The predicted molar refractivity (Wildman–Crippen MR) is 108 cm³/mol. The van der Waals surface area contributed by atoms with Gasteiger partial charge in [0.1, 0.15) is 6.61 Å². The van der Waals surface area contributed by atoms with Gasteiger partial charge < -0.3 is 14.0 Å². The molecule has 0 amide bonds. The number of para-hydroxylation sites is 2. The quantitative estimate of drug-likeness (QED) is 0.418. The molecule has 0 saturated heterocycles. The summed E-state index contributed by atoms with van der Waals surface area (Å²) in [6.45, 7) is 10.9. The first-order valence-electron chi connectivity index (χ1n) is 9.49. The lowest BCUT2D eigenvalue weighted by Crippen LogP contribution is -2.25. The number of ether oxygens (including phenoxy) is 2. The SMILES string of the molecule is C=CCn1c(S[C@H](C)c2nc(C(C)C)no2)nnc1[C@@H]1COc2ccccc2O1. The number of benzene rings is 1. The van der Waals surface area contributed by atoms with Gasteiger partial charge in [-0.15, -0.1) is 16.8 Å². The zero-order valence-corrected chi connectivity index (χ0v) is 17.4. The summed E-state index contributed by atoms with van der Waals surface area (Å²) in [6.07, 6.45) is 1.46. The largest absolute Gasteiger partial charge is 0.485 e. The zero-order chi connectivity index (χ0) is 20.4. The Bertz CT molecular complexity index is 1000. The molecular weight excluding hydrogens is 390 g/mol. The fraction of sp³-hybridized carbons (Fsp3) is 0.400. The molecular formula is C20H23N5O3S. The monoisotopic (exact) mass is 413 g/mol. The number of fused-ring (bicyclic) bond motifs is 1. The van der Waals surface area contributed by atoms with E-state index in [1.165, 1.54) is 11.8 Å². The second-order valence-electron chi connectivity index (χ2n) is 7.01. The maximum absolute atomic E-state index is 6.10. The Morgan fingerprint density at radius 2 is 2.03 bits per heavy atom. The smallest absolute Gasteiger partial charge is 0.239 e. The van der Waals surface area contributed by atoms with Crippen molar-refractivity contribution < 1.29 is 14.0 Å². The summed E-state index contributed by atoms with van der Waals surface area (Å²) in [4.78, 5) is 4.48. The van der Waals surface area contributed by atoms with Gasteiger partial charge in [0.25, 0.3) is 0 Å². The zero-order valence-electron chi connectivity index (χ0n) is 16.6. The molecule has 2 atom stereocenters. The molecule has 0 N–H and O–H groups in total. The number of rotatable bonds is 7. The summed E-state index contributed by atoms with van der Waals surface area (Å²) in [6, 6.07) is 7.60. The van der Waals surface area contributed by atoms with Gasteiger partial charge in [0.15, 0.2) is 34.4 Å². The van der Waals surface area contributed by atoms with Crippen LogP contribution in [-0.2, 0) is 6.54 Å². The third kappa shape index (κ3) is 4.00. The first-order valence-corrected chi connectivity index (χ1v) is 10.4. The van der Waals surface area contributed by atoms with Gasteiger partial charge in [0.2, 0.25) is 5.89 Å². The molecule has 4 rings (SSSR count). The molecule has 0 spiro atoms. The number of hydrogen-bond donors (Lipinski definition) is 0. The van der Waals surface area contributed by atoms with Crippen LogP contribution < -0.4 is 9.47 Å². The van der Waals surface area contributed by atoms with E-state index in [1.807, 2.05) is 55.7 Å². The summed E-state index contributed by atoms with van der Waals surface area (Å²) >= 11 is 1.51. The van der Waals surface area contributed by atoms with Crippen molar-refractivity contribution in [1.82, 2.24) is 24.9 Å². The van der Waals surface area contributed by atoms with Crippen molar-refractivity contribution in [3.05, 3.63) is 54.5 Å². The van der Waals surface area contributed by atoms with E-state index in [2.05, 4.69) is 26.9 Å². The van der Waals surface area contributed by atoms with Crippen LogP contribution in [0.3, 0.4) is 0 Å². The van der Waals surface area contributed by atoms with Gasteiger partial charge in [0, 0.05) is 12.5 Å². The molecule has 29 heavy (non-hydrogen) atoms. The minimum Gasteiger partial charge on any atom is -0.485 e. The molecule has 1 aromatic carbocycles. The van der Waals surface area contributed by atoms with Gasteiger partial charge in [-0.05, 0) is 19.1 Å². The Balaban J connectivity index is 1.56. The molecule has 9 heteroatoms. The maximum atomic E-state index is 6.10. The van der Waals surface area contributed by atoms with E-state index < -0.39 is 0 Å². The average molecular weight is 414 g/mol. The van der Waals surface area contributed by atoms with Crippen molar-refractivity contribution in [1.29, 1.82) is 0 Å². The highest BCUT2D eigenvalue weighted by molar-refractivity contribution is 7.99. The van der Waals surface area contributed by atoms with Gasteiger partial charge >= 0.3 is 0 Å². The van der Waals surface area contributed by atoms with Crippen LogP contribution in [0.15, 0.2) is 46.6 Å². The van der Waals surface area contributed by atoms with Gasteiger partial charge in [-0.2, -0.15) is 4.98 Å². The summed E-state index contributed by atoms with van der Waals surface area (Å²) in [5.41, 5.74) is 0. The molecule has 8 nitrogen and oxygen atoms in total. The lowest BCUT2D eigenvalue weighted by atomic mass is 10.2. The Hall–Kier alpha value is -2.81. The van der Waals surface area contributed by atoms with Gasteiger partial charge in [-0.25, -0.2) is 0 Å². The van der Waals surface area contributed by atoms with Crippen LogP contribution in [0.5, 0.6) is 11.5 Å². The van der Waals surface area contributed by atoms with E-state index >= 15 is 0 Å². The summed E-state index contributed by atoms with van der Waals surface area (Å²) in [7, 11) is 0. The number of hydrogen-bond acceptors (Lipinski definition) is 8. The molecule has 3 aromatic rings. The standard InChI is InChI=1S/C20H23N5O3S/c1-5-10-25-18(16-11-26-14-8-6-7-9-15(14)27-16)22-23-20(25)29-13(4)19-21-17(12(2)3)24-28-19/h5-9,12-13,16H,1,10-11H2,2-4H3/t13-,16+/m1/s1. The number of aromatic nitrogens is 5. The van der Waals surface area contributed by atoms with E-state index in [9.17, 15) is 0 Å². The minimum absolute atomic E-state index is 0.0696. The van der Waals surface area contributed by atoms with Crippen LogP contribution in [0.25, 0.3) is 0 Å². The summed E-state index contributed by atoms with van der Waals surface area (Å²) < 4.78 is 19.3. The van der Waals surface area contributed by atoms with Crippen LogP contribution in [0.4, 0.5) is 0 Å². The highest BCUT2D eigenvalue weighted by Gasteiger charge is 2.29. The second-order valence-corrected chi connectivity index (χ2v) is 8.32. The molecule has 1 aliphatic rings. The average Bonchev–Trinajstić information content (AvgIpc) is 3.36. The molecule has 0 saturated carbocycles. The Morgan fingerprint density at radius 1 is 1.24 bits per heavy atom. The van der Waals surface area contributed by atoms with Crippen molar-refractivity contribution in [2.75, 3.05) is 6.61 Å². The van der Waals surface area contributed by atoms with E-state index in [4.69, 9.17) is 14.0 Å². The van der Waals surface area contributed by atoms with Gasteiger partial charge in [-0.3, -0.25) is 4.57 Å². The first-order chi connectivity index (χ1) is 14.1. The van der Waals surface area contributed by atoms with Crippen LogP contribution in [0.1, 0.15) is 55.6 Å². The molecule has 0 radical (unpaired) electrons. The third-order valence-corrected chi connectivity index (χ3v) is 5.53. The summed E-state index contributed by atoms with van der Waals surface area (Å²) in [5.74, 6) is 3.62. The van der Waals surface area contributed by atoms with Gasteiger partial charge in [-0.1, -0.05) is 49.0 Å². The molecule has 2 aromatic heterocycles. The number of allylic oxidation sites excluding steroid dienone is 1. The van der Waals surface area contributed by atoms with E-state index in [-0.39, 0.29) is 17.3 Å². The van der Waals surface area contributed by atoms with Crippen LogP contribution >= 0.6 is 11.8 Å². The lowest BCUT2D eigenvalue weighted by Gasteiger charge is -2.26. The normalized spacial score (nSPS) is 16.8. The van der Waals surface area contributed by atoms with Crippen molar-refractivity contribution in [3.8, 4) is 11.5 Å². The Labute approximate surface area is 173 Å². The van der Waals surface area contributed by atoms with Crippen molar-refractivity contribution >= 4 is 11.8 Å². The fourth-order valence-electron chi connectivity index (χ4n) is 2.93. The number of nitrogens with zero attached hydrogens (tertiary/aromatic N) is 5. The van der Waals surface area contributed by atoms with E-state index in [1.54, 1.807) is 0 Å². The molecule has 0 fully saturated rings. The highest BCUT2D eigenvalue weighted by atomic mass is 32.2. The first kappa shape index (κ1) is 19.5. The third-order valence-electron chi connectivity index (χ3n) is 4.46. The molecule has 3 heterocycles. The van der Waals surface area contributed by atoms with Crippen molar-refractivity contribution in [3.63, 3.8) is 0 Å². The topological polar surface area (TPSA) is 88.1 Å². The van der Waals surface area contributed by atoms with Crippen LogP contribution in [0, 0.1) is 0 Å². The van der Waals surface area contributed by atoms with Crippen molar-refractivity contribution in [2.45, 2.75) is 49.7 Å². The molecule has 0 bridgehead atoms. The van der Waals surface area contributed by atoms with Crippen LogP contribution in [-0.4, -0.2) is 31.5 Å². The summed E-state index contributed by atoms with van der Waals surface area (Å²) in [5, 5.41) is 13.5. The van der Waals surface area contributed by atoms with Crippen molar-refractivity contribution in [2.24, 2.45) is 0 Å². The highest BCUT2D eigenvalue weighted by Crippen LogP contribution is 2.38.